The SMILES string of the molecule is CC(C)C1NC(=O)C2(CCCCC2)NC1=O. The molecule has 4 heteroatoms. The number of amides is 2. The summed E-state index contributed by atoms with van der Waals surface area (Å²) in [6.07, 6.45) is 4.80. The Labute approximate surface area is 96.2 Å². The van der Waals surface area contributed by atoms with E-state index in [-0.39, 0.29) is 23.8 Å². The van der Waals surface area contributed by atoms with Gasteiger partial charge in [0.2, 0.25) is 11.8 Å². The average molecular weight is 224 g/mol. The van der Waals surface area contributed by atoms with Gasteiger partial charge in [-0.25, -0.2) is 0 Å². The number of rotatable bonds is 1. The largest absolute Gasteiger partial charge is 0.342 e. The summed E-state index contributed by atoms with van der Waals surface area (Å²) in [6.45, 7) is 3.90. The molecule has 2 fully saturated rings. The van der Waals surface area contributed by atoms with Gasteiger partial charge in [0.25, 0.3) is 0 Å². The molecule has 4 nitrogen and oxygen atoms in total. The van der Waals surface area contributed by atoms with Gasteiger partial charge < -0.3 is 10.6 Å². The highest BCUT2D eigenvalue weighted by atomic mass is 16.2. The van der Waals surface area contributed by atoms with E-state index < -0.39 is 5.54 Å². The van der Waals surface area contributed by atoms with Crippen LogP contribution < -0.4 is 10.6 Å². The zero-order valence-corrected chi connectivity index (χ0v) is 10.0. The van der Waals surface area contributed by atoms with E-state index in [9.17, 15) is 9.59 Å². The number of nitrogens with one attached hydrogen (secondary N) is 2. The minimum Gasteiger partial charge on any atom is -0.342 e. The van der Waals surface area contributed by atoms with Crippen LogP contribution >= 0.6 is 0 Å². The molecule has 1 aliphatic heterocycles. The molecule has 2 N–H and O–H groups in total. The van der Waals surface area contributed by atoms with Crippen molar-refractivity contribution in [2.75, 3.05) is 0 Å². The lowest BCUT2D eigenvalue weighted by Crippen LogP contribution is -2.70. The van der Waals surface area contributed by atoms with Crippen molar-refractivity contribution in [2.45, 2.75) is 57.5 Å². The normalized spacial score (nSPS) is 29.1. The molecule has 1 saturated heterocycles. The van der Waals surface area contributed by atoms with Crippen LogP contribution in [0.25, 0.3) is 0 Å². The van der Waals surface area contributed by atoms with Crippen LogP contribution in [-0.4, -0.2) is 23.4 Å². The van der Waals surface area contributed by atoms with Gasteiger partial charge in [0, 0.05) is 0 Å². The average Bonchev–Trinajstić information content (AvgIpc) is 2.24. The van der Waals surface area contributed by atoms with E-state index in [1.54, 1.807) is 0 Å². The third-order valence-corrected chi connectivity index (χ3v) is 3.74. The number of carbonyl (C=O) groups excluding carboxylic acids is 2. The van der Waals surface area contributed by atoms with Gasteiger partial charge in [-0.15, -0.1) is 0 Å². The number of hydrogen-bond acceptors (Lipinski definition) is 2. The Hall–Kier alpha value is -1.06. The Morgan fingerprint density at radius 1 is 1.19 bits per heavy atom. The highest BCUT2D eigenvalue weighted by Gasteiger charge is 2.47. The van der Waals surface area contributed by atoms with Crippen molar-refractivity contribution in [2.24, 2.45) is 5.92 Å². The van der Waals surface area contributed by atoms with Gasteiger partial charge in [-0.05, 0) is 18.8 Å². The van der Waals surface area contributed by atoms with Gasteiger partial charge in [-0.1, -0.05) is 33.1 Å². The smallest absolute Gasteiger partial charge is 0.246 e. The first-order chi connectivity index (χ1) is 7.55. The molecular formula is C12H20N2O2. The molecule has 1 unspecified atom stereocenters. The molecule has 2 aliphatic rings. The van der Waals surface area contributed by atoms with Crippen molar-refractivity contribution in [1.82, 2.24) is 10.6 Å². The minimum atomic E-state index is -0.597. The Bertz CT molecular complexity index is 306. The third kappa shape index (κ3) is 1.81. The van der Waals surface area contributed by atoms with Crippen LogP contribution in [0, 0.1) is 5.92 Å². The zero-order chi connectivity index (χ0) is 11.8. The second-order valence-electron chi connectivity index (χ2n) is 5.33. The molecule has 0 aromatic rings. The third-order valence-electron chi connectivity index (χ3n) is 3.74. The predicted molar refractivity (Wildman–Crippen MR) is 60.7 cm³/mol. The standard InChI is InChI=1S/C12H20N2O2/c1-8(2)9-10(15)14-12(11(16)13-9)6-4-3-5-7-12/h8-9H,3-7H2,1-2H3,(H,13,16)(H,14,15). The van der Waals surface area contributed by atoms with Crippen molar-refractivity contribution < 1.29 is 9.59 Å². The fourth-order valence-corrected chi connectivity index (χ4v) is 2.69. The lowest BCUT2D eigenvalue weighted by atomic mass is 9.78. The summed E-state index contributed by atoms with van der Waals surface area (Å²) in [6, 6.07) is -0.361. The topological polar surface area (TPSA) is 58.2 Å². The summed E-state index contributed by atoms with van der Waals surface area (Å²) in [5.74, 6) is 0.145. The lowest BCUT2D eigenvalue weighted by molar-refractivity contribution is -0.144. The van der Waals surface area contributed by atoms with Crippen LogP contribution in [-0.2, 0) is 9.59 Å². The molecule has 0 aromatic heterocycles. The molecule has 16 heavy (non-hydrogen) atoms. The second kappa shape index (κ2) is 4.07. The number of carbonyl (C=O) groups is 2. The summed E-state index contributed by atoms with van der Waals surface area (Å²) >= 11 is 0. The van der Waals surface area contributed by atoms with Gasteiger partial charge in [0.1, 0.15) is 11.6 Å². The molecule has 0 bridgehead atoms. The van der Waals surface area contributed by atoms with Crippen molar-refractivity contribution in [1.29, 1.82) is 0 Å². The molecule has 1 aliphatic carbocycles. The van der Waals surface area contributed by atoms with Gasteiger partial charge in [0.15, 0.2) is 0 Å². The second-order valence-corrected chi connectivity index (χ2v) is 5.33. The lowest BCUT2D eigenvalue weighted by Gasteiger charge is -2.43. The van der Waals surface area contributed by atoms with E-state index in [1.807, 2.05) is 13.8 Å². The first kappa shape index (κ1) is 11.4. The maximum absolute atomic E-state index is 12.1. The van der Waals surface area contributed by atoms with E-state index in [2.05, 4.69) is 10.6 Å². The molecule has 90 valence electrons. The summed E-state index contributed by atoms with van der Waals surface area (Å²) < 4.78 is 0. The fourth-order valence-electron chi connectivity index (χ4n) is 2.69. The molecule has 1 spiro atoms. The van der Waals surface area contributed by atoms with Crippen molar-refractivity contribution in [3.63, 3.8) is 0 Å². The van der Waals surface area contributed by atoms with Crippen molar-refractivity contribution in [3.8, 4) is 0 Å². The van der Waals surface area contributed by atoms with Crippen molar-refractivity contribution >= 4 is 11.8 Å². The van der Waals surface area contributed by atoms with Crippen LogP contribution in [0.15, 0.2) is 0 Å². The van der Waals surface area contributed by atoms with Crippen molar-refractivity contribution in [3.05, 3.63) is 0 Å². The molecule has 1 saturated carbocycles. The molecule has 1 atom stereocenters. The summed E-state index contributed by atoms with van der Waals surface area (Å²) in [7, 11) is 0. The van der Waals surface area contributed by atoms with Gasteiger partial charge in [-0.3, -0.25) is 9.59 Å². The van der Waals surface area contributed by atoms with E-state index in [0.717, 1.165) is 25.7 Å². The van der Waals surface area contributed by atoms with E-state index in [1.165, 1.54) is 6.42 Å². The van der Waals surface area contributed by atoms with Gasteiger partial charge in [0.05, 0.1) is 0 Å². The molecule has 2 amide bonds. The molecule has 0 aromatic carbocycles. The van der Waals surface area contributed by atoms with E-state index in [0.29, 0.717) is 0 Å². The van der Waals surface area contributed by atoms with Crippen LogP contribution in [0.2, 0.25) is 0 Å². The molecule has 0 radical (unpaired) electrons. The fraction of sp³-hybridized carbons (Fsp3) is 0.833. The van der Waals surface area contributed by atoms with Crippen LogP contribution in [0.3, 0.4) is 0 Å². The Morgan fingerprint density at radius 3 is 2.38 bits per heavy atom. The Morgan fingerprint density at radius 2 is 1.81 bits per heavy atom. The highest BCUT2D eigenvalue weighted by Crippen LogP contribution is 2.30. The molecule has 1 heterocycles. The quantitative estimate of drug-likeness (QED) is 0.697. The zero-order valence-electron chi connectivity index (χ0n) is 10.0. The number of piperazine rings is 1. The van der Waals surface area contributed by atoms with Crippen LogP contribution in [0.4, 0.5) is 0 Å². The summed E-state index contributed by atoms with van der Waals surface area (Å²) in [5.41, 5.74) is -0.597. The Balaban J connectivity index is 2.14. The van der Waals surface area contributed by atoms with Crippen LogP contribution in [0.1, 0.15) is 46.0 Å². The molecular weight excluding hydrogens is 204 g/mol. The predicted octanol–water partition coefficient (Wildman–Crippen LogP) is 0.960. The van der Waals surface area contributed by atoms with E-state index in [4.69, 9.17) is 0 Å². The monoisotopic (exact) mass is 224 g/mol. The summed E-state index contributed by atoms with van der Waals surface area (Å²) in [4.78, 5) is 24.0. The van der Waals surface area contributed by atoms with E-state index >= 15 is 0 Å². The molecule has 2 rings (SSSR count). The minimum absolute atomic E-state index is 0.0171. The van der Waals surface area contributed by atoms with Gasteiger partial charge in [-0.2, -0.15) is 0 Å². The van der Waals surface area contributed by atoms with Crippen LogP contribution in [0.5, 0.6) is 0 Å². The first-order valence-electron chi connectivity index (χ1n) is 6.18. The maximum atomic E-state index is 12.1. The summed E-state index contributed by atoms with van der Waals surface area (Å²) in [5, 5.41) is 5.84. The first-order valence-corrected chi connectivity index (χ1v) is 6.18. The maximum Gasteiger partial charge on any atom is 0.246 e. The highest BCUT2D eigenvalue weighted by molar-refractivity contribution is 5.99. The number of hydrogen-bond donors (Lipinski definition) is 2. The van der Waals surface area contributed by atoms with Gasteiger partial charge >= 0.3 is 0 Å². The Kier molecular flexibility index (Phi) is 2.91.